The molecule has 27 heavy (non-hydrogen) atoms. The average molecular weight is 348 g/mol. The standard InChI is InChI=1S/C25H20N2/c1-15-12-17(3)22-19-11-7-8-16(2)23(19)25-24(20(22)13-15)27-21(14-26-25)18-9-5-4-6-10-18/h4-14H,1-3H3. The summed E-state index contributed by atoms with van der Waals surface area (Å²) in [6.45, 7) is 6.49. The van der Waals surface area contributed by atoms with E-state index in [0.717, 1.165) is 22.3 Å². The molecule has 2 nitrogen and oxygen atoms in total. The predicted octanol–water partition coefficient (Wildman–Crippen LogP) is 6.53. The SMILES string of the molecule is Cc1cc(C)c2c(c1)c1nc(-c3ccccc3)cnc1c1c(C)cccc21. The summed E-state index contributed by atoms with van der Waals surface area (Å²) >= 11 is 0. The van der Waals surface area contributed by atoms with Crippen molar-refractivity contribution in [3.05, 3.63) is 83.6 Å². The zero-order chi connectivity index (χ0) is 18.5. The van der Waals surface area contributed by atoms with E-state index in [1.807, 2.05) is 24.4 Å². The molecule has 0 aliphatic rings. The van der Waals surface area contributed by atoms with E-state index in [2.05, 4.69) is 63.2 Å². The number of hydrogen-bond acceptors (Lipinski definition) is 2. The molecule has 0 radical (unpaired) electrons. The molecule has 0 saturated heterocycles. The molecule has 0 aliphatic heterocycles. The highest BCUT2D eigenvalue weighted by Crippen LogP contribution is 2.37. The van der Waals surface area contributed by atoms with Crippen molar-refractivity contribution in [1.29, 1.82) is 0 Å². The van der Waals surface area contributed by atoms with Gasteiger partial charge >= 0.3 is 0 Å². The average Bonchev–Trinajstić information content (AvgIpc) is 2.68. The lowest BCUT2D eigenvalue weighted by Crippen LogP contribution is -1.95. The van der Waals surface area contributed by atoms with Crippen LogP contribution in [0.25, 0.3) is 43.8 Å². The fourth-order valence-electron chi connectivity index (χ4n) is 4.21. The van der Waals surface area contributed by atoms with Gasteiger partial charge in [-0.25, -0.2) is 4.98 Å². The molecule has 0 unspecified atom stereocenters. The second kappa shape index (κ2) is 5.88. The van der Waals surface area contributed by atoms with Crippen molar-refractivity contribution in [2.75, 3.05) is 0 Å². The molecule has 4 aromatic carbocycles. The molecule has 0 fully saturated rings. The van der Waals surface area contributed by atoms with E-state index in [4.69, 9.17) is 9.97 Å². The molecule has 0 saturated carbocycles. The third kappa shape index (κ3) is 2.41. The van der Waals surface area contributed by atoms with Gasteiger partial charge in [0.05, 0.1) is 22.9 Å². The zero-order valence-electron chi connectivity index (χ0n) is 15.7. The molecule has 5 aromatic rings. The highest BCUT2D eigenvalue weighted by Gasteiger charge is 2.15. The minimum absolute atomic E-state index is 0.913. The van der Waals surface area contributed by atoms with E-state index in [1.54, 1.807) is 0 Å². The Labute approximate surface area is 158 Å². The van der Waals surface area contributed by atoms with Gasteiger partial charge in [0.15, 0.2) is 0 Å². The van der Waals surface area contributed by atoms with Crippen molar-refractivity contribution in [3.63, 3.8) is 0 Å². The quantitative estimate of drug-likeness (QED) is 0.322. The predicted molar refractivity (Wildman–Crippen MR) is 114 cm³/mol. The fourth-order valence-corrected chi connectivity index (χ4v) is 4.21. The van der Waals surface area contributed by atoms with Crippen LogP contribution in [-0.4, -0.2) is 9.97 Å². The second-order valence-electron chi connectivity index (χ2n) is 7.32. The van der Waals surface area contributed by atoms with Crippen molar-refractivity contribution in [2.24, 2.45) is 0 Å². The van der Waals surface area contributed by atoms with Gasteiger partial charge in [0.1, 0.15) is 0 Å². The van der Waals surface area contributed by atoms with Gasteiger partial charge in [0.2, 0.25) is 0 Å². The molecule has 0 aliphatic carbocycles. The first-order valence-corrected chi connectivity index (χ1v) is 9.28. The summed E-state index contributed by atoms with van der Waals surface area (Å²) in [5.74, 6) is 0. The molecule has 5 rings (SSSR count). The van der Waals surface area contributed by atoms with Gasteiger partial charge in [0.25, 0.3) is 0 Å². The van der Waals surface area contributed by atoms with Crippen LogP contribution in [0.5, 0.6) is 0 Å². The first kappa shape index (κ1) is 16.0. The Hall–Kier alpha value is -3.26. The monoisotopic (exact) mass is 348 g/mol. The summed E-state index contributed by atoms with van der Waals surface area (Å²) in [5.41, 5.74) is 7.75. The van der Waals surface area contributed by atoms with Crippen LogP contribution in [0, 0.1) is 20.8 Å². The fraction of sp³-hybridized carbons (Fsp3) is 0.120. The first-order valence-electron chi connectivity index (χ1n) is 9.28. The molecule has 0 N–H and O–H groups in total. The van der Waals surface area contributed by atoms with Gasteiger partial charge in [0, 0.05) is 16.3 Å². The minimum Gasteiger partial charge on any atom is -0.252 e. The van der Waals surface area contributed by atoms with E-state index in [1.165, 1.54) is 38.2 Å². The van der Waals surface area contributed by atoms with Crippen LogP contribution in [0.2, 0.25) is 0 Å². The summed E-state index contributed by atoms with van der Waals surface area (Å²) in [5, 5.41) is 4.94. The molecule has 2 heteroatoms. The Morgan fingerprint density at radius 1 is 0.667 bits per heavy atom. The Morgan fingerprint density at radius 3 is 2.30 bits per heavy atom. The van der Waals surface area contributed by atoms with Crippen molar-refractivity contribution >= 4 is 32.6 Å². The third-order valence-electron chi connectivity index (χ3n) is 5.36. The lowest BCUT2D eigenvalue weighted by atomic mass is 9.92. The number of aryl methyl sites for hydroxylation is 3. The molecule has 1 aromatic heterocycles. The van der Waals surface area contributed by atoms with Crippen LogP contribution in [0.4, 0.5) is 0 Å². The highest BCUT2D eigenvalue weighted by atomic mass is 14.8. The molecule has 0 atom stereocenters. The summed E-state index contributed by atoms with van der Waals surface area (Å²) in [6, 6.07) is 21.3. The Balaban J connectivity index is 2.03. The lowest BCUT2D eigenvalue weighted by Gasteiger charge is -2.14. The van der Waals surface area contributed by atoms with Gasteiger partial charge in [-0.1, -0.05) is 60.2 Å². The van der Waals surface area contributed by atoms with Crippen molar-refractivity contribution in [1.82, 2.24) is 9.97 Å². The van der Waals surface area contributed by atoms with E-state index in [0.29, 0.717) is 0 Å². The van der Waals surface area contributed by atoms with Crippen molar-refractivity contribution in [2.45, 2.75) is 20.8 Å². The van der Waals surface area contributed by atoms with Crippen LogP contribution in [-0.2, 0) is 0 Å². The van der Waals surface area contributed by atoms with Gasteiger partial charge in [-0.2, -0.15) is 0 Å². The molecule has 1 heterocycles. The third-order valence-corrected chi connectivity index (χ3v) is 5.36. The Bertz CT molecular complexity index is 1340. The van der Waals surface area contributed by atoms with Crippen LogP contribution < -0.4 is 0 Å². The smallest absolute Gasteiger partial charge is 0.0979 e. The van der Waals surface area contributed by atoms with Crippen LogP contribution in [0.1, 0.15) is 16.7 Å². The maximum atomic E-state index is 5.08. The van der Waals surface area contributed by atoms with Crippen LogP contribution in [0.15, 0.2) is 66.9 Å². The van der Waals surface area contributed by atoms with Gasteiger partial charge in [-0.15, -0.1) is 0 Å². The minimum atomic E-state index is 0.913. The normalized spacial score (nSPS) is 11.5. The molecule has 0 bridgehead atoms. The molecule has 130 valence electrons. The maximum Gasteiger partial charge on any atom is 0.0979 e. The van der Waals surface area contributed by atoms with E-state index < -0.39 is 0 Å². The zero-order valence-corrected chi connectivity index (χ0v) is 15.7. The first-order chi connectivity index (χ1) is 13.1. The summed E-state index contributed by atoms with van der Waals surface area (Å²) in [4.78, 5) is 9.98. The summed E-state index contributed by atoms with van der Waals surface area (Å²) in [7, 11) is 0. The molecular formula is C25H20N2. The van der Waals surface area contributed by atoms with E-state index in [9.17, 15) is 0 Å². The molecule has 0 amide bonds. The number of rotatable bonds is 1. The molecular weight excluding hydrogens is 328 g/mol. The second-order valence-corrected chi connectivity index (χ2v) is 7.32. The number of benzene rings is 4. The topological polar surface area (TPSA) is 25.8 Å². The van der Waals surface area contributed by atoms with Gasteiger partial charge in [-0.3, -0.25) is 4.98 Å². The Morgan fingerprint density at radius 2 is 1.48 bits per heavy atom. The van der Waals surface area contributed by atoms with E-state index >= 15 is 0 Å². The largest absolute Gasteiger partial charge is 0.252 e. The summed E-state index contributed by atoms with van der Waals surface area (Å²) < 4.78 is 0. The lowest BCUT2D eigenvalue weighted by molar-refractivity contribution is 1.30. The van der Waals surface area contributed by atoms with E-state index in [-0.39, 0.29) is 0 Å². The Kier molecular flexibility index (Phi) is 3.48. The molecule has 0 spiro atoms. The van der Waals surface area contributed by atoms with Gasteiger partial charge < -0.3 is 0 Å². The number of hydrogen-bond donors (Lipinski definition) is 0. The number of fused-ring (bicyclic) bond motifs is 6. The number of nitrogens with zero attached hydrogens (tertiary/aromatic N) is 2. The maximum absolute atomic E-state index is 5.08. The van der Waals surface area contributed by atoms with Crippen molar-refractivity contribution < 1.29 is 0 Å². The summed E-state index contributed by atoms with van der Waals surface area (Å²) in [6.07, 6.45) is 1.90. The van der Waals surface area contributed by atoms with Crippen molar-refractivity contribution in [3.8, 4) is 11.3 Å². The van der Waals surface area contributed by atoms with Crippen LogP contribution in [0.3, 0.4) is 0 Å². The number of aromatic nitrogens is 2. The van der Waals surface area contributed by atoms with Gasteiger partial charge in [-0.05, 0) is 48.7 Å². The van der Waals surface area contributed by atoms with Crippen LogP contribution >= 0.6 is 0 Å². The highest BCUT2D eigenvalue weighted by molar-refractivity contribution is 6.24.